The van der Waals surface area contributed by atoms with Crippen LogP contribution in [0.4, 0.5) is 4.79 Å². The molecule has 0 saturated heterocycles. The Hall–Kier alpha value is -3.01. The van der Waals surface area contributed by atoms with E-state index in [-0.39, 0.29) is 17.7 Å². The van der Waals surface area contributed by atoms with Crippen LogP contribution in [0.5, 0.6) is 0 Å². The van der Waals surface area contributed by atoms with Gasteiger partial charge in [0.25, 0.3) is 0 Å². The van der Waals surface area contributed by atoms with Crippen LogP contribution in [0.1, 0.15) is 97.7 Å². The maximum atomic E-state index is 14.1. The molecule has 7 heteroatoms. The predicted octanol–water partition coefficient (Wildman–Crippen LogP) is 5.19. The monoisotopic (exact) mass is 499 g/mol. The second-order valence-corrected chi connectivity index (χ2v) is 10.2. The molecule has 0 spiro atoms. The fourth-order valence-corrected chi connectivity index (χ4v) is 3.79. The molecule has 0 aliphatic carbocycles. The van der Waals surface area contributed by atoms with E-state index in [9.17, 15) is 14.4 Å². The number of nitrogens with one attached hydrogen (secondary N) is 2. The van der Waals surface area contributed by atoms with Gasteiger partial charge >= 0.3 is 6.09 Å². The van der Waals surface area contributed by atoms with E-state index in [1.807, 2.05) is 39.8 Å². The normalized spacial score (nSPS) is 13.6. The van der Waals surface area contributed by atoms with Gasteiger partial charge in [-0.15, -0.1) is 6.42 Å². The molecule has 3 unspecified atom stereocenters. The predicted molar refractivity (Wildman–Crippen MR) is 144 cm³/mol. The van der Waals surface area contributed by atoms with Crippen molar-refractivity contribution in [1.82, 2.24) is 15.5 Å². The highest BCUT2D eigenvalue weighted by Crippen LogP contribution is 2.27. The van der Waals surface area contributed by atoms with Crippen molar-refractivity contribution in [3.63, 3.8) is 0 Å². The topological polar surface area (TPSA) is 87.7 Å². The highest BCUT2D eigenvalue weighted by atomic mass is 16.6. The molecular formula is C29H45N3O4. The first kappa shape index (κ1) is 31.0. The number of alkyl carbamates (subject to hydrolysis) is 1. The summed E-state index contributed by atoms with van der Waals surface area (Å²) in [7, 11) is 0. The Labute approximate surface area is 217 Å². The van der Waals surface area contributed by atoms with E-state index >= 15 is 0 Å². The Bertz CT molecular complexity index is 901. The van der Waals surface area contributed by atoms with Crippen LogP contribution in [0.15, 0.2) is 24.3 Å². The minimum Gasteiger partial charge on any atom is -0.444 e. The molecular weight excluding hydrogens is 454 g/mol. The summed E-state index contributed by atoms with van der Waals surface area (Å²) in [6.45, 7) is 14.1. The van der Waals surface area contributed by atoms with E-state index in [1.54, 1.807) is 37.8 Å². The number of carbonyl (C=O) groups excluding carboxylic acids is 3. The van der Waals surface area contributed by atoms with Crippen molar-refractivity contribution in [2.75, 3.05) is 13.1 Å². The summed E-state index contributed by atoms with van der Waals surface area (Å²) in [5, 5.41) is 5.77. The summed E-state index contributed by atoms with van der Waals surface area (Å²) < 4.78 is 5.44. The van der Waals surface area contributed by atoms with Crippen molar-refractivity contribution in [3.8, 4) is 12.3 Å². The molecule has 0 bridgehead atoms. The third kappa shape index (κ3) is 9.56. The molecule has 0 saturated carbocycles. The molecule has 1 rings (SSSR count). The Morgan fingerprint density at radius 1 is 1.08 bits per heavy atom. The third-order valence-corrected chi connectivity index (χ3v) is 5.99. The Balaban J connectivity index is 3.54. The van der Waals surface area contributed by atoms with Gasteiger partial charge in [0, 0.05) is 18.7 Å². The van der Waals surface area contributed by atoms with Crippen molar-refractivity contribution in [3.05, 3.63) is 35.4 Å². The highest BCUT2D eigenvalue weighted by Gasteiger charge is 2.38. The van der Waals surface area contributed by atoms with Crippen molar-refractivity contribution in [2.45, 2.75) is 98.3 Å². The van der Waals surface area contributed by atoms with E-state index in [4.69, 9.17) is 11.2 Å². The number of terminal acetylenes is 1. The number of ether oxygens (including phenoxy) is 1. The van der Waals surface area contributed by atoms with E-state index in [0.717, 1.165) is 19.3 Å². The first-order chi connectivity index (χ1) is 17.0. The zero-order chi connectivity index (χ0) is 27.3. The van der Waals surface area contributed by atoms with Gasteiger partial charge in [0.1, 0.15) is 17.7 Å². The molecule has 7 nitrogen and oxygen atoms in total. The number of nitrogens with zero attached hydrogens (tertiary/aromatic N) is 1. The van der Waals surface area contributed by atoms with Gasteiger partial charge in [0.15, 0.2) is 0 Å². The van der Waals surface area contributed by atoms with Crippen molar-refractivity contribution in [2.24, 2.45) is 5.92 Å². The smallest absolute Gasteiger partial charge is 0.408 e. The number of hydrogen-bond donors (Lipinski definition) is 2. The van der Waals surface area contributed by atoms with Crippen LogP contribution in [-0.4, -0.2) is 47.5 Å². The van der Waals surface area contributed by atoms with Gasteiger partial charge in [-0.1, -0.05) is 71.1 Å². The lowest BCUT2D eigenvalue weighted by molar-refractivity contribution is -0.143. The van der Waals surface area contributed by atoms with Crippen LogP contribution in [0, 0.1) is 18.3 Å². The molecule has 0 radical (unpaired) electrons. The first-order valence-electron chi connectivity index (χ1n) is 13.1. The van der Waals surface area contributed by atoms with E-state index in [2.05, 4.69) is 16.6 Å². The summed E-state index contributed by atoms with van der Waals surface area (Å²) >= 11 is 0. The minimum atomic E-state index is -0.917. The number of unbranched alkanes of at least 4 members (excludes halogenated alkanes) is 2. The second kappa shape index (κ2) is 15.2. The Morgan fingerprint density at radius 2 is 1.72 bits per heavy atom. The zero-order valence-corrected chi connectivity index (χ0v) is 23.1. The van der Waals surface area contributed by atoms with Crippen LogP contribution in [0.3, 0.4) is 0 Å². The molecule has 36 heavy (non-hydrogen) atoms. The minimum absolute atomic E-state index is 0.180. The summed E-state index contributed by atoms with van der Waals surface area (Å²) in [5.74, 6) is 1.87. The van der Waals surface area contributed by atoms with Crippen LogP contribution in [0.2, 0.25) is 0 Å². The van der Waals surface area contributed by atoms with Gasteiger partial charge in [0.2, 0.25) is 11.8 Å². The van der Waals surface area contributed by atoms with Crippen LogP contribution >= 0.6 is 0 Å². The van der Waals surface area contributed by atoms with Crippen LogP contribution in [-0.2, 0) is 14.3 Å². The van der Waals surface area contributed by atoms with Gasteiger partial charge in [-0.3, -0.25) is 9.59 Å². The Kier molecular flexibility index (Phi) is 13.1. The van der Waals surface area contributed by atoms with Crippen molar-refractivity contribution >= 4 is 17.9 Å². The molecule has 1 aromatic rings. The van der Waals surface area contributed by atoms with Gasteiger partial charge in [-0.2, -0.15) is 0 Å². The highest BCUT2D eigenvalue weighted by molar-refractivity contribution is 5.92. The number of carbonyl (C=O) groups is 3. The number of amides is 3. The average molecular weight is 500 g/mol. The molecule has 0 fully saturated rings. The number of rotatable bonds is 13. The van der Waals surface area contributed by atoms with Crippen LogP contribution in [0.25, 0.3) is 0 Å². The molecule has 0 heterocycles. The lowest BCUT2D eigenvalue weighted by Gasteiger charge is -2.36. The second-order valence-electron chi connectivity index (χ2n) is 10.2. The molecule has 3 amide bonds. The fourth-order valence-electron chi connectivity index (χ4n) is 3.79. The zero-order valence-electron chi connectivity index (χ0n) is 23.1. The SMILES string of the molecule is C#Cc1ccccc1C(C(=O)NCCCC)N(CCCC)C(=O)C(NC(=O)OC(C)(C)C)C(C)CC. The lowest BCUT2D eigenvalue weighted by Crippen LogP contribution is -2.55. The quantitative estimate of drug-likeness (QED) is 0.289. The maximum Gasteiger partial charge on any atom is 0.408 e. The van der Waals surface area contributed by atoms with Crippen LogP contribution < -0.4 is 10.6 Å². The number of hydrogen-bond acceptors (Lipinski definition) is 4. The maximum absolute atomic E-state index is 14.1. The molecule has 2 N–H and O–H groups in total. The van der Waals surface area contributed by atoms with E-state index in [1.165, 1.54) is 0 Å². The average Bonchev–Trinajstić information content (AvgIpc) is 2.83. The molecule has 3 atom stereocenters. The van der Waals surface area contributed by atoms with Gasteiger partial charge in [0.05, 0.1) is 0 Å². The molecule has 0 aliphatic heterocycles. The Morgan fingerprint density at radius 3 is 2.28 bits per heavy atom. The standard InChI is InChI=1S/C29H45N3O4/c1-9-13-19-30-26(33)25(23-18-16-15-17-22(23)12-4)32(20-14-10-2)27(34)24(21(5)11-3)31-28(35)36-29(6,7)8/h4,15-18,21,24-25H,9-11,13-14,19-20H2,1-3,5-8H3,(H,30,33)(H,31,35). The molecule has 1 aromatic carbocycles. The van der Waals surface area contributed by atoms with Crippen molar-refractivity contribution in [1.29, 1.82) is 0 Å². The molecule has 0 aromatic heterocycles. The first-order valence-corrected chi connectivity index (χ1v) is 13.1. The molecule has 200 valence electrons. The lowest BCUT2D eigenvalue weighted by atomic mass is 9.94. The van der Waals surface area contributed by atoms with Gasteiger partial charge < -0.3 is 20.3 Å². The van der Waals surface area contributed by atoms with E-state index in [0.29, 0.717) is 37.1 Å². The summed E-state index contributed by atoms with van der Waals surface area (Å²) in [4.78, 5) is 42.0. The fraction of sp³-hybridized carbons (Fsp3) is 0.621. The third-order valence-electron chi connectivity index (χ3n) is 5.99. The van der Waals surface area contributed by atoms with E-state index < -0.39 is 23.8 Å². The summed E-state index contributed by atoms with van der Waals surface area (Å²) in [6.07, 6.45) is 9.06. The van der Waals surface area contributed by atoms with Gasteiger partial charge in [-0.05, 0) is 51.2 Å². The molecule has 0 aliphatic rings. The van der Waals surface area contributed by atoms with Gasteiger partial charge in [-0.25, -0.2) is 4.79 Å². The largest absolute Gasteiger partial charge is 0.444 e. The number of benzene rings is 1. The summed E-state index contributed by atoms with van der Waals surface area (Å²) in [5.41, 5.74) is 0.448. The summed E-state index contributed by atoms with van der Waals surface area (Å²) in [6, 6.07) is 5.43. The van der Waals surface area contributed by atoms with Crippen molar-refractivity contribution < 1.29 is 19.1 Å².